The Labute approximate surface area is 204 Å². The maximum absolute atomic E-state index is 14.2. The number of halogens is 4. The number of carbonyl (C=O) groups is 1. The van der Waals surface area contributed by atoms with E-state index in [1.807, 2.05) is 26.8 Å². The van der Waals surface area contributed by atoms with Crippen molar-refractivity contribution >= 4 is 32.5 Å². The van der Waals surface area contributed by atoms with Gasteiger partial charge in [0.25, 0.3) is 15.9 Å². The van der Waals surface area contributed by atoms with Crippen LogP contribution >= 0.6 is 0 Å². The summed E-state index contributed by atoms with van der Waals surface area (Å²) in [7, 11) is -4.15. The molecule has 0 aliphatic rings. The summed E-state index contributed by atoms with van der Waals surface area (Å²) in [5.41, 5.74) is -2.06. The van der Waals surface area contributed by atoms with Crippen molar-refractivity contribution in [3.63, 3.8) is 0 Å². The summed E-state index contributed by atoms with van der Waals surface area (Å²) < 4.78 is 81.7. The number of amides is 1. The molecule has 1 aromatic heterocycles. The molecule has 0 fully saturated rings. The lowest BCUT2D eigenvalue weighted by atomic mass is 9.87. The zero-order valence-corrected chi connectivity index (χ0v) is 20.2. The van der Waals surface area contributed by atoms with E-state index in [1.54, 1.807) is 12.1 Å². The summed E-state index contributed by atoms with van der Waals surface area (Å²) in [5.74, 6) is -2.67. The van der Waals surface area contributed by atoms with E-state index in [1.165, 1.54) is 30.5 Å². The molecule has 11 heteroatoms. The number of aromatic nitrogens is 2. The standard InChI is InChI=1S/C25H21F4N3O3S/c1-24(2,3)16-6-4-7-18(12-16)36(34,35)32-21-13-17(11-10-15(21)14-30-32)31-23(33)22-19(25(27,28)29)8-5-9-20(22)26/h4-14H,1-3H3,(H,31,33). The quantitative estimate of drug-likeness (QED) is 0.336. The van der Waals surface area contributed by atoms with Crippen molar-refractivity contribution < 1.29 is 30.8 Å². The molecule has 0 unspecified atom stereocenters. The minimum Gasteiger partial charge on any atom is -0.322 e. The van der Waals surface area contributed by atoms with Crippen molar-refractivity contribution in [2.45, 2.75) is 37.3 Å². The highest BCUT2D eigenvalue weighted by molar-refractivity contribution is 7.90. The maximum Gasteiger partial charge on any atom is 0.417 e. The predicted molar refractivity (Wildman–Crippen MR) is 127 cm³/mol. The van der Waals surface area contributed by atoms with E-state index in [2.05, 4.69) is 10.4 Å². The van der Waals surface area contributed by atoms with Gasteiger partial charge in [-0.05, 0) is 53.4 Å². The van der Waals surface area contributed by atoms with Gasteiger partial charge < -0.3 is 5.32 Å². The molecule has 0 atom stereocenters. The normalized spacial score (nSPS) is 12.6. The molecule has 0 aliphatic heterocycles. The summed E-state index contributed by atoms with van der Waals surface area (Å²) in [6.45, 7) is 5.82. The van der Waals surface area contributed by atoms with E-state index in [9.17, 15) is 30.8 Å². The Morgan fingerprint density at radius 1 is 0.972 bits per heavy atom. The lowest BCUT2D eigenvalue weighted by Crippen LogP contribution is -2.20. The Morgan fingerprint density at radius 3 is 2.33 bits per heavy atom. The van der Waals surface area contributed by atoms with Crippen LogP contribution in [0, 0.1) is 5.82 Å². The van der Waals surface area contributed by atoms with Gasteiger partial charge in [0.05, 0.1) is 27.7 Å². The lowest BCUT2D eigenvalue weighted by Gasteiger charge is -2.19. The highest BCUT2D eigenvalue weighted by Crippen LogP contribution is 2.34. The van der Waals surface area contributed by atoms with Gasteiger partial charge in [0.2, 0.25) is 0 Å². The molecule has 4 aromatic rings. The first-order chi connectivity index (χ1) is 16.7. The molecule has 0 spiro atoms. The van der Waals surface area contributed by atoms with Crippen LogP contribution in [-0.2, 0) is 21.6 Å². The SMILES string of the molecule is CC(C)(C)c1cccc(S(=O)(=O)n2ncc3ccc(NC(=O)c4c(F)cccc4C(F)(F)F)cc32)c1. The minimum atomic E-state index is -4.95. The van der Waals surface area contributed by atoms with Crippen LogP contribution in [0.4, 0.5) is 23.2 Å². The van der Waals surface area contributed by atoms with Gasteiger partial charge in [0.15, 0.2) is 0 Å². The summed E-state index contributed by atoms with van der Waals surface area (Å²) in [6.07, 6.45) is -3.64. The van der Waals surface area contributed by atoms with Crippen LogP contribution < -0.4 is 5.32 Å². The topological polar surface area (TPSA) is 81.1 Å². The van der Waals surface area contributed by atoms with Crippen molar-refractivity contribution in [2.75, 3.05) is 5.32 Å². The van der Waals surface area contributed by atoms with Crippen LogP contribution in [0.25, 0.3) is 10.9 Å². The maximum atomic E-state index is 14.2. The second-order valence-electron chi connectivity index (χ2n) is 9.16. The van der Waals surface area contributed by atoms with E-state index >= 15 is 0 Å². The Morgan fingerprint density at radius 2 is 1.67 bits per heavy atom. The molecular formula is C25H21F4N3O3S. The number of alkyl halides is 3. The fourth-order valence-corrected chi connectivity index (χ4v) is 4.99. The first kappa shape index (κ1) is 25.4. The smallest absolute Gasteiger partial charge is 0.322 e. The Kier molecular flexibility index (Phi) is 6.16. The number of benzene rings is 3. The number of anilines is 1. The molecule has 0 bridgehead atoms. The Hall–Kier alpha value is -3.73. The first-order valence-corrected chi connectivity index (χ1v) is 12.1. The van der Waals surface area contributed by atoms with Crippen LogP contribution in [0.3, 0.4) is 0 Å². The molecule has 0 aliphatic carbocycles. The van der Waals surface area contributed by atoms with E-state index < -0.39 is 39.1 Å². The average molecular weight is 520 g/mol. The molecule has 4 rings (SSSR count). The van der Waals surface area contributed by atoms with Crippen LogP contribution in [0.2, 0.25) is 0 Å². The number of hydrogen-bond acceptors (Lipinski definition) is 4. The summed E-state index contributed by atoms with van der Waals surface area (Å²) in [6, 6.07) is 12.7. The third-order valence-corrected chi connectivity index (χ3v) is 7.16. The van der Waals surface area contributed by atoms with Crippen LogP contribution in [0.1, 0.15) is 42.3 Å². The van der Waals surface area contributed by atoms with E-state index in [0.717, 1.165) is 21.8 Å². The molecule has 0 saturated carbocycles. The summed E-state index contributed by atoms with van der Waals surface area (Å²) >= 11 is 0. The van der Waals surface area contributed by atoms with Gasteiger partial charge in [-0.25, -0.2) is 4.39 Å². The fraction of sp³-hybridized carbons (Fsp3) is 0.200. The number of fused-ring (bicyclic) bond motifs is 1. The molecule has 6 nitrogen and oxygen atoms in total. The Bertz CT molecular complexity index is 1590. The van der Waals surface area contributed by atoms with Crippen LogP contribution in [0.15, 0.2) is 71.8 Å². The molecule has 36 heavy (non-hydrogen) atoms. The average Bonchev–Trinajstić information content (AvgIpc) is 3.22. The second-order valence-corrected chi connectivity index (χ2v) is 10.9. The zero-order valence-electron chi connectivity index (χ0n) is 19.4. The number of nitrogens with zero attached hydrogens (tertiary/aromatic N) is 2. The van der Waals surface area contributed by atoms with Gasteiger partial charge >= 0.3 is 6.18 Å². The van der Waals surface area contributed by atoms with E-state index in [4.69, 9.17) is 0 Å². The van der Waals surface area contributed by atoms with E-state index in [0.29, 0.717) is 11.5 Å². The zero-order chi connectivity index (χ0) is 26.5. The van der Waals surface area contributed by atoms with Gasteiger partial charge in [0, 0.05) is 11.1 Å². The van der Waals surface area contributed by atoms with Crippen molar-refractivity contribution in [1.82, 2.24) is 9.19 Å². The third-order valence-electron chi connectivity index (χ3n) is 5.57. The molecule has 3 aromatic carbocycles. The molecule has 1 N–H and O–H groups in total. The van der Waals surface area contributed by atoms with E-state index in [-0.39, 0.29) is 21.5 Å². The van der Waals surface area contributed by atoms with Crippen molar-refractivity contribution in [3.8, 4) is 0 Å². The highest BCUT2D eigenvalue weighted by Gasteiger charge is 2.37. The third kappa shape index (κ3) is 4.70. The molecule has 0 radical (unpaired) electrons. The van der Waals surface area contributed by atoms with Gasteiger partial charge in [-0.3, -0.25) is 4.79 Å². The molecule has 1 heterocycles. The van der Waals surface area contributed by atoms with Crippen LogP contribution in [-0.4, -0.2) is 23.5 Å². The minimum absolute atomic E-state index is 0.00413. The monoisotopic (exact) mass is 519 g/mol. The molecular weight excluding hydrogens is 498 g/mol. The number of rotatable bonds is 4. The second kappa shape index (κ2) is 8.74. The lowest BCUT2D eigenvalue weighted by molar-refractivity contribution is -0.138. The Balaban J connectivity index is 1.74. The number of carbonyl (C=O) groups excluding carboxylic acids is 1. The first-order valence-electron chi connectivity index (χ1n) is 10.7. The molecule has 188 valence electrons. The number of nitrogens with one attached hydrogen (secondary N) is 1. The predicted octanol–water partition coefficient (Wildman–Crippen LogP) is 5.98. The van der Waals surface area contributed by atoms with Crippen molar-refractivity contribution in [1.29, 1.82) is 0 Å². The van der Waals surface area contributed by atoms with Gasteiger partial charge in [-0.2, -0.15) is 30.8 Å². The summed E-state index contributed by atoms with van der Waals surface area (Å²) in [5, 5.41) is 6.62. The van der Waals surface area contributed by atoms with Crippen LogP contribution in [0.5, 0.6) is 0 Å². The van der Waals surface area contributed by atoms with Crippen molar-refractivity contribution in [3.05, 3.63) is 89.4 Å². The van der Waals surface area contributed by atoms with Gasteiger partial charge in [0.1, 0.15) is 5.82 Å². The largest absolute Gasteiger partial charge is 0.417 e. The van der Waals surface area contributed by atoms with Gasteiger partial charge in [-0.1, -0.05) is 39.0 Å². The molecule has 1 amide bonds. The summed E-state index contributed by atoms with van der Waals surface area (Å²) in [4.78, 5) is 12.6. The molecule has 0 saturated heterocycles. The highest BCUT2D eigenvalue weighted by atomic mass is 32.2. The fourth-order valence-electron chi connectivity index (χ4n) is 3.67. The van der Waals surface area contributed by atoms with Crippen molar-refractivity contribution in [2.24, 2.45) is 0 Å². The number of hydrogen-bond donors (Lipinski definition) is 1. The van der Waals surface area contributed by atoms with Gasteiger partial charge in [-0.15, -0.1) is 0 Å².